The first-order valence-corrected chi connectivity index (χ1v) is 16.0. The molecule has 2 fully saturated rings. The molecule has 0 aromatic heterocycles. The van der Waals surface area contributed by atoms with Crippen molar-refractivity contribution in [2.24, 2.45) is 17.8 Å². The number of rotatable bonds is 17. The second-order valence-electron chi connectivity index (χ2n) is 12.9. The number of aliphatic carboxylic acids is 2. The van der Waals surface area contributed by atoms with Gasteiger partial charge >= 0.3 is 23.9 Å². The maximum atomic E-state index is 13.0. The highest BCUT2D eigenvalue weighted by Crippen LogP contribution is 2.55. The Morgan fingerprint density at radius 2 is 1.73 bits per heavy atom. The van der Waals surface area contributed by atoms with Gasteiger partial charge in [0, 0.05) is 25.3 Å². The van der Waals surface area contributed by atoms with Crippen molar-refractivity contribution < 1.29 is 63.3 Å². The van der Waals surface area contributed by atoms with Crippen molar-refractivity contribution in [1.82, 2.24) is 0 Å². The Bertz CT molecular complexity index is 1390. The van der Waals surface area contributed by atoms with Crippen molar-refractivity contribution >= 4 is 30.2 Å². The fourth-order valence-electron chi connectivity index (χ4n) is 6.52. The standard InChI is InChI=1S/C35H46O13/c1-7-20(2)17-21(3)13-14-27(38)46-30-29(39)33(47-26(19-36)34(44,31(40)41)35(30,48-33)32(42)43)16-15-22(4)28(45-24(6)37)23(5)18-25-11-9-8-10-12-25/h8-14,19-21,23,26,28-30,39,44H,4,7,15-18H2,1-3,5-6H3,(H,40,41)(H,42,43)/b14-13+/t20-,21+,23+,26?,28+,29+,30+,33-,34?,35-/m0/s1. The first-order valence-electron chi connectivity index (χ1n) is 16.0. The molecule has 2 aliphatic heterocycles. The number of esters is 2. The highest BCUT2D eigenvalue weighted by Gasteiger charge is 2.84. The van der Waals surface area contributed by atoms with Crippen LogP contribution in [0.2, 0.25) is 0 Å². The molecule has 0 amide bonds. The predicted molar refractivity (Wildman–Crippen MR) is 169 cm³/mol. The zero-order chi connectivity index (χ0) is 36.0. The number of carboxylic acid groups (broad SMARTS) is 2. The van der Waals surface area contributed by atoms with Gasteiger partial charge in [-0.05, 0) is 42.2 Å². The van der Waals surface area contributed by atoms with Crippen molar-refractivity contribution in [2.45, 2.75) is 108 Å². The van der Waals surface area contributed by atoms with Gasteiger partial charge in [-0.3, -0.25) is 4.79 Å². The molecule has 1 aromatic carbocycles. The smallest absolute Gasteiger partial charge is 0.344 e. The van der Waals surface area contributed by atoms with Gasteiger partial charge in [-0.2, -0.15) is 0 Å². The predicted octanol–water partition coefficient (Wildman–Crippen LogP) is 3.00. The van der Waals surface area contributed by atoms with Crippen LogP contribution in [0.15, 0.2) is 54.6 Å². The number of hydrogen-bond donors (Lipinski definition) is 4. The van der Waals surface area contributed by atoms with Crippen molar-refractivity contribution in [3.05, 3.63) is 60.2 Å². The lowest BCUT2D eigenvalue weighted by molar-refractivity contribution is -0.369. The van der Waals surface area contributed by atoms with Gasteiger partial charge in [-0.15, -0.1) is 0 Å². The summed E-state index contributed by atoms with van der Waals surface area (Å²) in [6.45, 7) is 13.0. The molecule has 0 spiro atoms. The molecule has 2 unspecified atom stereocenters. The van der Waals surface area contributed by atoms with E-state index in [4.69, 9.17) is 18.9 Å². The molecule has 0 saturated carbocycles. The summed E-state index contributed by atoms with van der Waals surface area (Å²) in [4.78, 5) is 62.7. The first kappa shape index (κ1) is 38.5. The minimum Gasteiger partial charge on any atom is -0.479 e. The van der Waals surface area contributed by atoms with Gasteiger partial charge in [0.05, 0.1) is 0 Å². The quantitative estimate of drug-likeness (QED) is 0.0813. The summed E-state index contributed by atoms with van der Waals surface area (Å²) in [6.07, 6.45) is -3.87. The Morgan fingerprint density at radius 1 is 1.08 bits per heavy atom. The van der Waals surface area contributed by atoms with Crippen molar-refractivity contribution in [2.75, 3.05) is 0 Å². The maximum absolute atomic E-state index is 13.0. The summed E-state index contributed by atoms with van der Waals surface area (Å²) >= 11 is 0. The molecular formula is C35H46O13. The number of aldehydes is 1. The van der Waals surface area contributed by atoms with Gasteiger partial charge in [-0.1, -0.05) is 77.1 Å². The molecular weight excluding hydrogens is 628 g/mol. The zero-order valence-electron chi connectivity index (χ0n) is 27.9. The van der Waals surface area contributed by atoms with Crippen LogP contribution in [-0.2, 0) is 49.3 Å². The van der Waals surface area contributed by atoms with E-state index in [0.29, 0.717) is 17.9 Å². The van der Waals surface area contributed by atoms with Crippen LogP contribution in [0, 0.1) is 17.8 Å². The Hall–Kier alpha value is -3.91. The zero-order valence-corrected chi connectivity index (χ0v) is 27.9. The molecule has 4 N–H and O–H groups in total. The molecule has 13 nitrogen and oxygen atoms in total. The second kappa shape index (κ2) is 15.5. The Labute approximate surface area is 279 Å². The average Bonchev–Trinajstić information content (AvgIpc) is 3.25. The van der Waals surface area contributed by atoms with E-state index in [2.05, 4.69) is 6.58 Å². The summed E-state index contributed by atoms with van der Waals surface area (Å²) in [5.41, 5.74) is -5.75. The van der Waals surface area contributed by atoms with Gasteiger partial charge < -0.3 is 44.2 Å². The van der Waals surface area contributed by atoms with E-state index in [-0.39, 0.29) is 24.5 Å². The molecule has 48 heavy (non-hydrogen) atoms. The minimum absolute atomic E-state index is 0.0875. The molecule has 2 aliphatic rings. The fourth-order valence-corrected chi connectivity index (χ4v) is 6.52. The second-order valence-corrected chi connectivity index (χ2v) is 12.9. The van der Waals surface area contributed by atoms with Gasteiger partial charge in [-0.25, -0.2) is 14.4 Å². The normalized spacial score (nSPS) is 30.5. The minimum atomic E-state index is -3.64. The van der Waals surface area contributed by atoms with E-state index >= 15 is 0 Å². The lowest BCUT2D eigenvalue weighted by Crippen LogP contribution is -2.77. The number of hydrogen-bond acceptors (Lipinski definition) is 11. The summed E-state index contributed by atoms with van der Waals surface area (Å²) < 4.78 is 22.3. The van der Waals surface area contributed by atoms with Crippen LogP contribution in [0.3, 0.4) is 0 Å². The third-order valence-corrected chi connectivity index (χ3v) is 9.23. The molecule has 3 rings (SSSR count). The Balaban J connectivity index is 1.98. The highest BCUT2D eigenvalue weighted by atomic mass is 16.8. The number of aliphatic hydroxyl groups excluding tert-OH is 1. The lowest BCUT2D eigenvalue weighted by Gasteiger charge is -2.48. The van der Waals surface area contributed by atoms with Gasteiger partial charge in [0.1, 0.15) is 12.2 Å². The molecule has 0 aliphatic carbocycles. The molecule has 2 heterocycles. The van der Waals surface area contributed by atoms with E-state index in [0.717, 1.165) is 24.5 Å². The summed E-state index contributed by atoms with van der Waals surface area (Å²) in [6, 6.07) is 9.38. The number of aliphatic hydroxyl groups is 2. The number of fused-ring (bicyclic) bond motifs is 2. The monoisotopic (exact) mass is 674 g/mol. The molecule has 1 aromatic rings. The third kappa shape index (κ3) is 7.54. The van der Waals surface area contributed by atoms with E-state index < -0.39 is 71.7 Å². The average molecular weight is 675 g/mol. The number of allylic oxidation sites excluding steroid dienone is 1. The van der Waals surface area contributed by atoms with Crippen LogP contribution in [-0.4, -0.2) is 92.0 Å². The number of carboxylic acids is 2. The number of ether oxygens (including phenoxy) is 4. The molecule has 0 radical (unpaired) electrons. The highest BCUT2D eigenvalue weighted by molar-refractivity contribution is 5.96. The van der Waals surface area contributed by atoms with Crippen LogP contribution >= 0.6 is 0 Å². The Morgan fingerprint density at radius 3 is 2.27 bits per heavy atom. The largest absolute Gasteiger partial charge is 0.479 e. The van der Waals surface area contributed by atoms with Crippen molar-refractivity contribution in [3.8, 4) is 0 Å². The molecule has 13 heteroatoms. The van der Waals surface area contributed by atoms with Crippen LogP contribution in [0.25, 0.3) is 0 Å². The van der Waals surface area contributed by atoms with Crippen molar-refractivity contribution in [1.29, 1.82) is 0 Å². The molecule has 2 bridgehead atoms. The van der Waals surface area contributed by atoms with Crippen LogP contribution in [0.1, 0.15) is 65.9 Å². The fraction of sp³-hybridized carbons (Fsp3) is 0.571. The summed E-state index contributed by atoms with van der Waals surface area (Å²) in [7, 11) is 0. The first-order chi connectivity index (χ1) is 22.5. The van der Waals surface area contributed by atoms with Crippen LogP contribution in [0.4, 0.5) is 0 Å². The van der Waals surface area contributed by atoms with Crippen LogP contribution < -0.4 is 0 Å². The third-order valence-electron chi connectivity index (χ3n) is 9.23. The summed E-state index contributed by atoms with van der Waals surface area (Å²) in [5.74, 6) is -8.61. The van der Waals surface area contributed by atoms with E-state index in [9.17, 15) is 44.4 Å². The van der Waals surface area contributed by atoms with Crippen LogP contribution in [0.5, 0.6) is 0 Å². The van der Waals surface area contributed by atoms with E-state index in [1.54, 1.807) is 0 Å². The van der Waals surface area contributed by atoms with Gasteiger partial charge in [0.25, 0.3) is 0 Å². The lowest BCUT2D eigenvalue weighted by atomic mass is 9.75. The molecule has 2 saturated heterocycles. The van der Waals surface area contributed by atoms with E-state index in [1.807, 2.05) is 58.0 Å². The maximum Gasteiger partial charge on any atom is 0.344 e. The number of carbonyl (C=O) groups excluding carboxylic acids is 3. The van der Waals surface area contributed by atoms with Gasteiger partial charge in [0.15, 0.2) is 18.5 Å². The summed E-state index contributed by atoms with van der Waals surface area (Å²) in [5, 5.41) is 43.5. The number of carbonyl (C=O) groups is 5. The topological polar surface area (TPSA) is 203 Å². The SMILES string of the molecule is C=C(CC[C@]12OC(C=O)C(O)(C(=O)O)[C@](C(=O)O)(O1)[C@H](OC(=O)/C=C/[C@@H](C)C[C@@H](C)CC)[C@H]2O)[C@@H](OC(C)=O)[C@H](C)Cc1ccccc1. The van der Waals surface area contributed by atoms with Gasteiger partial charge in [0.2, 0.25) is 17.0 Å². The van der Waals surface area contributed by atoms with E-state index in [1.165, 1.54) is 13.0 Å². The molecule has 264 valence electrons. The number of benzene rings is 1. The molecule has 10 atom stereocenters. The Kier molecular flexibility index (Phi) is 12.5. The van der Waals surface area contributed by atoms with Crippen molar-refractivity contribution in [3.63, 3.8) is 0 Å².